The molecule has 0 spiro atoms. The van der Waals surface area contributed by atoms with Crippen LogP contribution in [0, 0.1) is 0 Å². The Morgan fingerprint density at radius 3 is 2.37 bits per heavy atom. The average molecular weight is 478 g/mol. The molecule has 0 unspecified atom stereocenters. The maximum Gasteiger partial charge on any atom is 0.359 e. The fourth-order valence-corrected chi connectivity index (χ4v) is 3.75. The number of ketones is 1. The molecular weight excluding hydrogens is 446 g/mol. The average Bonchev–Trinajstić information content (AvgIpc) is 2.86. The third-order valence-electron chi connectivity index (χ3n) is 5.66. The maximum atomic E-state index is 12.9. The number of nitrogens with zero attached hydrogens (tertiary/aromatic N) is 2. The second-order valence-electron chi connectivity index (χ2n) is 8.41. The Morgan fingerprint density at radius 2 is 1.69 bits per heavy atom. The van der Waals surface area contributed by atoms with Crippen molar-refractivity contribution in [3.05, 3.63) is 75.7 Å². The molecule has 35 heavy (non-hydrogen) atoms. The van der Waals surface area contributed by atoms with E-state index in [2.05, 4.69) is 17.3 Å². The summed E-state index contributed by atoms with van der Waals surface area (Å²) in [7, 11) is 0. The van der Waals surface area contributed by atoms with Gasteiger partial charge in [0.2, 0.25) is 5.91 Å². The number of hydrogen-bond donors (Lipinski definition) is 1. The van der Waals surface area contributed by atoms with E-state index in [0.29, 0.717) is 29.4 Å². The Bertz CT molecular complexity index is 1250. The molecule has 0 fully saturated rings. The molecule has 184 valence electrons. The number of unbranched alkanes of at least 4 members (excludes halogenated alkanes) is 2. The van der Waals surface area contributed by atoms with Crippen LogP contribution in [-0.2, 0) is 22.5 Å². The second-order valence-corrected chi connectivity index (χ2v) is 8.41. The fourth-order valence-electron chi connectivity index (χ4n) is 3.75. The van der Waals surface area contributed by atoms with Crippen molar-refractivity contribution in [1.82, 2.24) is 15.1 Å². The number of Topliss-reactive ketones (excluding diaryl/α,β-unsaturated/α-hetero) is 1. The Labute approximate surface area is 204 Å². The lowest BCUT2D eigenvalue weighted by molar-refractivity contribution is -0.118. The van der Waals surface area contributed by atoms with E-state index < -0.39 is 12.6 Å². The Balaban J connectivity index is 1.66. The number of ether oxygens (including phenoxy) is 1. The van der Waals surface area contributed by atoms with Gasteiger partial charge in [-0.3, -0.25) is 14.4 Å². The Kier molecular flexibility index (Phi) is 9.29. The molecule has 0 atom stereocenters. The molecule has 0 saturated carbocycles. The number of aryl methyl sites for hydroxylation is 2. The normalized spacial score (nSPS) is 10.8. The zero-order chi connectivity index (χ0) is 25.2. The minimum atomic E-state index is -0.742. The standard InChI is InChI=1S/C27H31N3O5/c1-3-4-7-17-30-26(33)23-11-6-5-10-22(23)25(29-30)27(34)35-18-24(32)21-14-12-20(13-15-21)9-8-16-28-19(2)31/h5-6,10-15H,3-4,7-9,16-18H2,1-2H3,(H,28,31). The highest BCUT2D eigenvalue weighted by Crippen LogP contribution is 2.15. The highest BCUT2D eigenvalue weighted by atomic mass is 16.5. The van der Waals surface area contributed by atoms with Crippen LogP contribution in [0.2, 0.25) is 0 Å². The molecule has 8 heteroatoms. The summed E-state index contributed by atoms with van der Waals surface area (Å²) in [5.41, 5.74) is 1.26. The molecule has 3 aromatic rings. The van der Waals surface area contributed by atoms with Crippen LogP contribution in [0.3, 0.4) is 0 Å². The molecule has 8 nitrogen and oxygen atoms in total. The predicted octanol–water partition coefficient (Wildman–Crippen LogP) is 3.70. The van der Waals surface area contributed by atoms with Crippen LogP contribution in [0.25, 0.3) is 10.8 Å². The zero-order valence-electron chi connectivity index (χ0n) is 20.2. The molecule has 3 rings (SSSR count). The fraction of sp³-hybridized carbons (Fsp3) is 0.370. The highest BCUT2D eigenvalue weighted by molar-refractivity contribution is 6.04. The van der Waals surface area contributed by atoms with Crippen LogP contribution in [0.5, 0.6) is 0 Å². The summed E-state index contributed by atoms with van der Waals surface area (Å²) in [6.45, 7) is 4.13. The van der Waals surface area contributed by atoms with E-state index in [1.807, 2.05) is 12.1 Å². The molecule has 0 saturated heterocycles. The molecule has 1 amide bonds. The minimum Gasteiger partial charge on any atom is -0.452 e. The SMILES string of the molecule is CCCCCn1nc(C(=O)OCC(=O)c2ccc(CCCNC(C)=O)cc2)c2ccccc2c1=O. The monoisotopic (exact) mass is 477 g/mol. The van der Waals surface area contributed by atoms with Crippen LogP contribution in [-0.4, -0.2) is 40.6 Å². The van der Waals surface area contributed by atoms with Crippen molar-refractivity contribution in [3.8, 4) is 0 Å². The van der Waals surface area contributed by atoms with Crippen molar-refractivity contribution in [1.29, 1.82) is 0 Å². The molecule has 0 radical (unpaired) electrons. The molecule has 1 aromatic heterocycles. The van der Waals surface area contributed by atoms with Gasteiger partial charge in [0.05, 0.1) is 5.39 Å². The third-order valence-corrected chi connectivity index (χ3v) is 5.66. The van der Waals surface area contributed by atoms with Gasteiger partial charge in [0.1, 0.15) is 0 Å². The molecule has 0 bridgehead atoms. The number of carbonyl (C=O) groups is 3. The molecule has 0 aliphatic carbocycles. The van der Waals surface area contributed by atoms with Gasteiger partial charge in [-0.2, -0.15) is 5.10 Å². The van der Waals surface area contributed by atoms with Crippen molar-refractivity contribution < 1.29 is 19.1 Å². The number of carbonyl (C=O) groups excluding carboxylic acids is 3. The van der Waals surface area contributed by atoms with Crippen LogP contribution in [0.1, 0.15) is 65.9 Å². The lowest BCUT2D eigenvalue weighted by Gasteiger charge is -2.11. The van der Waals surface area contributed by atoms with E-state index in [1.54, 1.807) is 36.4 Å². The number of aromatic nitrogens is 2. The second kappa shape index (κ2) is 12.6. The van der Waals surface area contributed by atoms with Gasteiger partial charge in [0.15, 0.2) is 18.1 Å². The highest BCUT2D eigenvalue weighted by Gasteiger charge is 2.19. The summed E-state index contributed by atoms with van der Waals surface area (Å²) in [4.78, 5) is 49.1. The van der Waals surface area contributed by atoms with Crippen LogP contribution >= 0.6 is 0 Å². The van der Waals surface area contributed by atoms with E-state index >= 15 is 0 Å². The van der Waals surface area contributed by atoms with Crippen LogP contribution in [0.15, 0.2) is 53.3 Å². The number of fused-ring (bicyclic) bond motifs is 1. The third kappa shape index (κ3) is 7.09. The Morgan fingerprint density at radius 1 is 0.971 bits per heavy atom. The molecule has 1 N–H and O–H groups in total. The molecular formula is C27H31N3O5. The number of nitrogens with one attached hydrogen (secondary N) is 1. The van der Waals surface area contributed by atoms with Gasteiger partial charge in [-0.1, -0.05) is 62.2 Å². The van der Waals surface area contributed by atoms with Gasteiger partial charge in [-0.05, 0) is 30.9 Å². The number of rotatable bonds is 12. The number of benzene rings is 2. The number of esters is 1. The van der Waals surface area contributed by atoms with Gasteiger partial charge in [-0.25, -0.2) is 9.48 Å². The number of hydrogen-bond acceptors (Lipinski definition) is 6. The van der Waals surface area contributed by atoms with Crippen molar-refractivity contribution in [2.45, 2.75) is 52.5 Å². The summed E-state index contributed by atoms with van der Waals surface area (Å²) in [5.74, 6) is -1.13. The van der Waals surface area contributed by atoms with Crippen molar-refractivity contribution in [2.75, 3.05) is 13.2 Å². The first-order valence-electron chi connectivity index (χ1n) is 11.9. The first kappa shape index (κ1) is 25.8. The lowest BCUT2D eigenvalue weighted by atomic mass is 10.1. The smallest absolute Gasteiger partial charge is 0.359 e. The van der Waals surface area contributed by atoms with Crippen LogP contribution < -0.4 is 10.9 Å². The first-order valence-corrected chi connectivity index (χ1v) is 11.9. The molecule has 1 heterocycles. The largest absolute Gasteiger partial charge is 0.452 e. The predicted molar refractivity (Wildman–Crippen MR) is 134 cm³/mol. The topological polar surface area (TPSA) is 107 Å². The first-order chi connectivity index (χ1) is 16.9. The summed E-state index contributed by atoms with van der Waals surface area (Å²) in [5, 5.41) is 7.83. The summed E-state index contributed by atoms with van der Waals surface area (Å²) in [6, 6.07) is 13.9. The van der Waals surface area contributed by atoms with Gasteiger partial charge in [0, 0.05) is 31.0 Å². The van der Waals surface area contributed by atoms with Gasteiger partial charge in [-0.15, -0.1) is 0 Å². The van der Waals surface area contributed by atoms with E-state index in [1.165, 1.54) is 11.6 Å². The summed E-state index contributed by atoms with van der Waals surface area (Å²) in [6.07, 6.45) is 4.29. The van der Waals surface area contributed by atoms with E-state index in [4.69, 9.17) is 4.74 Å². The molecule has 2 aromatic carbocycles. The molecule has 0 aliphatic heterocycles. The van der Waals surface area contributed by atoms with E-state index in [0.717, 1.165) is 37.7 Å². The minimum absolute atomic E-state index is 0.0269. The maximum absolute atomic E-state index is 12.9. The summed E-state index contributed by atoms with van der Waals surface area (Å²) < 4.78 is 6.61. The quantitative estimate of drug-likeness (QED) is 0.242. The lowest BCUT2D eigenvalue weighted by Crippen LogP contribution is -2.27. The Hall–Kier alpha value is -3.81. The number of amides is 1. The van der Waals surface area contributed by atoms with Gasteiger partial charge in [0.25, 0.3) is 5.56 Å². The van der Waals surface area contributed by atoms with Gasteiger partial charge < -0.3 is 10.1 Å². The van der Waals surface area contributed by atoms with Crippen LogP contribution in [0.4, 0.5) is 0 Å². The zero-order valence-corrected chi connectivity index (χ0v) is 20.2. The van der Waals surface area contributed by atoms with E-state index in [-0.39, 0.29) is 22.9 Å². The van der Waals surface area contributed by atoms with Crippen molar-refractivity contribution >= 4 is 28.4 Å². The van der Waals surface area contributed by atoms with Gasteiger partial charge >= 0.3 is 5.97 Å². The van der Waals surface area contributed by atoms with E-state index in [9.17, 15) is 19.2 Å². The molecule has 0 aliphatic rings. The van der Waals surface area contributed by atoms with Crippen molar-refractivity contribution in [2.24, 2.45) is 0 Å². The summed E-state index contributed by atoms with van der Waals surface area (Å²) >= 11 is 0. The van der Waals surface area contributed by atoms with Crippen molar-refractivity contribution in [3.63, 3.8) is 0 Å².